The molecule has 1 atom stereocenters. The average Bonchev–Trinajstić information content (AvgIpc) is 2.68. The molecule has 0 bridgehead atoms. The zero-order valence-electron chi connectivity index (χ0n) is 18.6. The molecule has 1 aromatic carbocycles. The van der Waals surface area contributed by atoms with Crippen LogP contribution in [0.4, 0.5) is 13.2 Å². The summed E-state index contributed by atoms with van der Waals surface area (Å²) in [6.45, 7) is 9.46. The van der Waals surface area contributed by atoms with Crippen LogP contribution < -0.4 is 9.99 Å². The predicted molar refractivity (Wildman–Crippen MR) is 110 cm³/mol. The molecule has 1 aromatic rings. The number of rotatable bonds is 14. The van der Waals surface area contributed by atoms with Crippen molar-refractivity contribution in [1.29, 1.82) is 0 Å². The Morgan fingerprint density at radius 1 is 0.900 bits per heavy atom. The molecule has 0 saturated carbocycles. The first kappa shape index (κ1) is 27.1. The largest absolute Gasteiger partial charge is 0.691 e. The van der Waals surface area contributed by atoms with Crippen LogP contribution in [0.2, 0.25) is 0 Å². The third-order valence-corrected chi connectivity index (χ3v) is 5.68. The van der Waals surface area contributed by atoms with Crippen molar-refractivity contribution < 1.29 is 32.5 Å². The molecule has 174 valence electrons. The summed E-state index contributed by atoms with van der Waals surface area (Å²) in [4.78, 5) is -0.775. The van der Waals surface area contributed by atoms with E-state index in [0.29, 0.717) is 0 Å². The Balaban J connectivity index is 3.15. The Morgan fingerprint density at radius 3 is 2.10 bits per heavy atom. The van der Waals surface area contributed by atoms with E-state index in [1.54, 1.807) is 20.8 Å². The minimum absolute atomic E-state index is 0.00228. The Labute approximate surface area is 182 Å². The molecule has 30 heavy (non-hydrogen) atoms. The van der Waals surface area contributed by atoms with Gasteiger partial charge in [-0.2, -0.15) is 8.72 Å². The minimum Gasteiger partial charge on any atom is -0.691 e. The number of hydrogen-bond donors (Lipinski definition) is 0. The molecule has 0 N–H and O–H groups in total. The molecule has 0 aliphatic rings. The number of unbranched alkanes of at least 4 members (excludes halogenated alkanes) is 4. The smallest absolute Gasteiger partial charge is 0.202 e. The second kappa shape index (κ2) is 13.5. The zero-order valence-corrected chi connectivity index (χ0v) is 19.4. The molecule has 0 radical (unpaired) electrons. The van der Waals surface area contributed by atoms with Gasteiger partial charge in [0.2, 0.25) is 5.82 Å². The fourth-order valence-corrected chi connectivity index (χ4v) is 3.84. The van der Waals surface area contributed by atoms with Gasteiger partial charge in [0.15, 0.2) is 11.6 Å². The molecule has 0 fully saturated rings. The molecule has 1 unspecified atom stereocenters. The van der Waals surface area contributed by atoms with Gasteiger partial charge < -0.3 is 9.99 Å². The summed E-state index contributed by atoms with van der Waals surface area (Å²) < 4.78 is 54.2. The molecule has 0 aliphatic heterocycles. The van der Waals surface area contributed by atoms with E-state index >= 15 is 4.39 Å². The molecule has 4 nitrogen and oxygen atoms in total. The van der Waals surface area contributed by atoms with E-state index in [2.05, 4.69) is 23.2 Å². The molecule has 0 aliphatic carbocycles. The summed E-state index contributed by atoms with van der Waals surface area (Å²) in [5, 5.41) is 13.2. The van der Waals surface area contributed by atoms with Crippen molar-refractivity contribution >= 4 is 12.0 Å². The van der Waals surface area contributed by atoms with Gasteiger partial charge in [-0.3, -0.25) is 5.04 Å². The summed E-state index contributed by atoms with van der Waals surface area (Å²) in [5.41, 5.74) is -0.972. The Bertz CT molecular complexity index is 650. The lowest BCUT2D eigenvalue weighted by Crippen LogP contribution is -2.21. The zero-order chi connectivity index (χ0) is 22.7. The molecule has 1 rings (SSSR count). The van der Waals surface area contributed by atoms with Gasteiger partial charge in [0, 0.05) is 5.56 Å². The van der Waals surface area contributed by atoms with Crippen molar-refractivity contribution in [2.24, 2.45) is 5.92 Å². The van der Waals surface area contributed by atoms with Gasteiger partial charge >= 0.3 is 0 Å². The maximum absolute atomic E-state index is 15.1. The molecule has 0 spiro atoms. The Hall–Kier alpha value is -0.960. The molecule has 0 amide bonds. The van der Waals surface area contributed by atoms with Crippen LogP contribution in [-0.4, -0.2) is 6.61 Å². The highest BCUT2D eigenvalue weighted by Crippen LogP contribution is 2.42. The van der Waals surface area contributed by atoms with Crippen LogP contribution >= 0.6 is 12.0 Å². The number of benzene rings is 1. The highest BCUT2D eigenvalue weighted by atomic mass is 32.2. The van der Waals surface area contributed by atoms with E-state index in [9.17, 15) is 14.0 Å². The topological polar surface area (TPSA) is 50.8 Å². The van der Waals surface area contributed by atoms with Gasteiger partial charge in [0.25, 0.3) is 0 Å². The Kier molecular flexibility index (Phi) is 12.1. The quantitative estimate of drug-likeness (QED) is 0.102. The van der Waals surface area contributed by atoms with Gasteiger partial charge in [0.1, 0.15) is 10.7 Å². The van der Waals surface area contributed by atoms with Crippen LogP contribution in [0, 0.1) is 23.4 Å². The van der Waals surface area contributed by atoms with Crippen LogP contribution in [0.25, 0.3) is 0 Å². The first-order chi connectivity index (χ1) is 14.2. The molecule has 0 aromatic heterocycles. The van der Waals surface area contributed by atoms with E-state index in [1.165, 1.54) is 0 Å². The van der Waals surface area contributed by atoms with Crippen LogP contribution in [0.1, 0.15) is 91.5 Å². The van der Waals surface area contributed by atoms with Crippen molar-refractivity contribution in [1.82, 2.24) is 0 Å². The second-order valence-electron chi connectivity index (χ2n) is 8.61. The SMILES string of the molecule is CCCCCCC(CCCC)COc1c(F)c(F)c(SOO[O-])c(F)c1C(C)(C)C. The number of ether oxygens (including phenoxy) is 1. The normalized spacial score (nSPS) is 13.0. The molecular formula is C22H34F3O4S-. The van der Waals surface area contributed by atoms with E-state index in [1.807, 2.05) is 0 Å². The standard InChI is InChI=1S/C22H35F3O4S/c1-6-8-10-11-13-15(12-9-7-2)14-27-20-16(22(3,4)5)17(23)21(30-29-28-26)19(25)18(20)24/h15,26H,6-14H2,1-5H3/p-1. The van der Waals surface area contributed by atoms with Gasteiger partial charge in [-0.05, 0) is 24.2 Å². The lowest BCUT2D eigenvalue weighted by molar-refractivity contribution is -0.777. The van der Waals surface area contributed by atoms with Crippen LogP contribution in [0.15, 0.2) is 4.90 Å². The highest BCUT2D eigenvalue weighted by molar-refractivity contribution is 7.94. The maximum atomic E-state index is 15.1. The van der Waals surface area contributed by atoms with Crippen molar-refractivity contribution in [2.45, 2.75) is 96.3 Å². The lowest BCUT2D eigenvalue weighted by Gasteiger charge is -2.27. The third-order valence-electron chi connectivity index (χ3n) is 5.03. The van der Waals surface area contributed by atoms with Crippen molar-refractivity contribution in [3.05, 3.63) is 23.0 Å². The minimum atomic E-state index is -1.47. The van der Waals surface area contributed by atoms with Crippen molar-refractivity contribution in [3.8, 4) is 5.75 Å². The average molecular weight is 452 g/mol. The van der Waals surface area contributed by atoms with Gasteiger partial charge in [-0.15, -0.1) is 0 Å². The monoisotopic (exact) mass is 451 g/mol. The summed E-state index contributed by atoms with van der Waals surface area (Å²) in [6.07, 6.45) is 8.37. The van der Waals surface area contributed by atoms with E-state index in [4.69, 9.17) is 4.74 Å². The molecule has 0 saturated heterocycles. The third kappa shape index (κ3) is 7.94. The van der Waals surface area contributed by atoms with E-state index in [-0.39, 0.29) is 30.1 Å². The van der Waals surface area contributed by atoms with Gasteiger partial charge in [-0.25, -0.2) is 8.78 Å². The fraction of sp³-hybridized carbons (Fsp3) is 0.727. The van der Waals surface area contributed by atoms with Crippen LogP contribution in [0.3, 0.4) is 0 Å². The highest BCUT2D eigenvalue weighted by Gasteiger charge is 2.33. The summed E-state index contributed by atoms with van der Waals surface area (Å²) >= 11 is -0.00228. The van der Waals surface area contributed by atoms with E-state index < -0.39 is 33.5 Å². The van der Waals surface area contributed by atoms with Crippen molar-refractivity contribution in [3.63, 3.8) is 0 Å². The Morgan fingerprint density at radius 2 is 1.53 bits per heavy atom. The van der Waals surface area contributed by atoms with Crippen LogP contribution in [0.5, 0.6) is 5.75 Å². The van der Waals surface area contributed by atoms with Crippen LogP contribution in [-0.2, 0) is 14.8 Å². The van der Waals surface area contributed by atoms with E-state index in [0.717, 1.165) is 51.4 Å². The first-order valence-corrected chi connectivity index (χ1v) is 11.4. The number of halogens is 3. The van der Waals surface area contributed by atoms with Gasteiger partial charge in [0.05, 0.1) is 18.6 Å². The summed E-state index contributed by atoms with van der Waals surface area (Å²) in [5.74, 6) is -4.01. The molecular weight excluding hydrogens is 417 g/mol. The number of hydrogen-bond acceptors (Lipinski definition) is 5. The lowest BCUT2D eigenvalue weighted by atomic mass is 9.85. The van der Waals surface area contributed by atoms with Gasteiger partial charge in [-0.1, -0.05) is 73.1 Å². The molecule has 8 heteroatoms. The summed E-state index contributed by atoms with van der Waals surface area (Å²) in [7, 11) is 0. The fourth-order valence-electron chi connectivity index (χ4n) is 3.41. The second-order valence-corrected chi connectivity index (χ2v) is 9.32. The maximum Gasteiger partial charge on any atom is 0.202 e. The molecule has 0 heterocycles. The predicted octanol–water partition coefficient (Wildman–Crippen LogP) is 6.79. The first-order valence-electron chi connectivity index (χ1n) is 10.7. The summed E-state index contributed by atoms with van der Waals surface area (Å²) in [6, 6.07) is 0. The van der Waals surface area contributed by atoms with Crippen molar-refractivity contribution in [2.75, 3.05) is 6.61 Å².